The fourth-order valence-corrected chi connectivity index (χ4v) is 3.73. The lowest BCUT2D eigenvalue weighted by molar-refractivity contribution is -0.131. The number of aromatic amines is 1. The van der Waals surface area contributed by atoms with Crippen molar-refractivity contribution in [2.75, 3.05) is 47.9 Å². The number of nitrogens with zero attached hydrogens (tertiary/aromatic N) is 3. The lowest BCUT2D eigenvalue weighted by Gasteiger charge is -2.36. The summed E-state index contributed by atoms with van der Waals surface area (Å²) < 4.78 is 0. The number of hydrogen-bond acceptors (Lipinski definition) is 7. The van der Waals surface area contributed by atoms with Gasteiger partial charge in [-0.05, 0) is 24.3 Å². The quantitative estimate of drug-likeness (QED) is 0.476. The number of carbonyl (C=O) groups is 2. The van der Waals surface area contributed by atoms with Gasteiger partial charge in [0.05, 0.1) is 5.75 Å². The first-order valence-electron chi connectivity index (χ1n) is 9.37. The van der Waals surface area contributed by atoms with Crippen molar-refractivity contribution in [1.29, 1.82) is 0 Å². The van der Waals surface area contributed by atoms with Crippen LogP contribution in [0.4, 0.5) is 17.2 Å². The Hall–Kier alpha value is -3.01. The van der Waals surface area contributed by atoms with E-state index >= 15 is 0 Å². The zero-order valence-electron chi connectivity index (χ0n) is 16.2. The van der Waals surface area contributed by atoms with Crippen LogP contribution in [0.2, 0.25) is 0 Å². The highest BCUT2D eigenvalue weighted by Crippen LogP contribution is 2.20. The third-order valence-corrected chi connectivity index (χ3v) is 5.40. The molecular weight excluding hydrogens is 392 g/mol. The maximum Gasteiger partial charge on any atom is 0.253 e. The highest BCUT2D eigenvalue weighted by atomic mass is 32.2. The van der Waals surface area contributed by atoms with Crippen molar-refractivity contribution in [3.05, 3.63) is 40.7 Å². The van der Waals surface area contributed by atoms with Crippen LogP contribution >= 0.6 is 11.8 Å². The molecule has 2 amide bonds. The van der Waals surface area contributed by atoms with Crippen molar-refractivity contribution >= 4 is 40.8 Å². The van der Waals surface area contributed by atoms with Crippen LogP contribution in [0.25, 0.3) is 0 Å². The van der Waals surface area contributed by atoms with E-state index in [1.54, 1.807) is 0 Å². The summed E-state index contributed by atoms with van der Waals surface area (Å²) in [7, 11) is 0. The van der Waals surface area contributed by atoms with E-state index in [0.29, 0.717) is 17.3 Å². The van der Waals surface area contributed by atoms with Gasteiger partial charge < -0.3 is 25.8 Å². The Kier molecular flexibility index (Phi) is 6.76. The SMILES string of the molecule is CCC(=O)N1CCN(c2ccc(NC(=O)CSc3nc(N)cc(=O)[nH]3)cc2)CC1. The van der Waals surface area contributed by atoms with E-state index in [0.717, 1.165) is 43.6 Å². The van der Waals surface area contributed by atoms with Crippen LogP contribution in [-0.2, 0) is 9.59 Å². The Morgan fingerprint density at radius 1 is 1.21 bits per heavy atom. The van der Waals surface area contributed by atoms with Gasteiger partial charge in [0, 0.05) is 50.0 Å². The maximum atomic E-state index is 12.1. The van der Waals surface area contributed by atoms with Crippen molar-refractivity contribution in [2.45, 2.75) is 18.5 Å². The number of nitrogens with two attached hydrogens (primary N) is 1. The number of benzene rings is 1. The molecule has 154 valence electrons. The third kappa shape index (κ3) is 5.74. The second-order valence-corrected chi connectivity index (χ2v) is 7.54. The lowest BCUT2D eigenvalue weighted by atomic mass is 10.2. The summed E-state index contributed by atoms with van der Waals surface area (Å²) in [6.45, 7) is 4.91. The fourth-order valence-electron chi connectivity index (χ4n) is 3.05. The molecular formula is C19H24N6O3S. The first-order valence-corrected chi connectivity index (χ1v) is 10.4. The van der Waals surface area contributed by atoms with E-state index in [2.05, 4.69) is 20.2 Å². The molecule has 1 aromatic heterocycles. The number of piperazine rings is 1. The molecule has 2 heterocycles. The van der Waals surface area contributed by atoms with E-state index < -0.39 is 0 Å². The van der Waals surface area contributed by atoms with Crippen LogP contribution in [0.15, 0.2) is 40.3 Å². The third-order valence-electron chi connectivity index (χ3n) is 4.53. The van der Waals surface area contributed by atoms with Crippen molar-refractivity contribution in [3.8, 4) is 0 Å². The molecule has 1 fully saturated rings. The second-order valence-electron chi connectivity index (χ2n) is 6.58. The molecule has 0 spiro atoms. The summed E-state index contributed by atoms with van der Waals surface area (Å²) in [4.78, 5) is 45.9. The first kappa shape index (κ1) is 20.7. The largest absolute Gasteiger partial charge is 0.383 e. The molecule has 0 unspecified atom stereocenters. The smallest absolute Gasteiger partial charge is 0.253 e. The predicted molar refractivity (Wildman–Crippen MR) is 114 cm³/mol. The number of anilines is 3. The summed E-state index contributed by atoms with van der Waals surface area (Å²) in [5, 5.41) is 3.13. The van der Waals surface area contributed by atoms with Crippen LogP contribution in [0, 0.1) is 0 Å². The molecule has 1 aliphatic heterocycles. The van der Waals surface area contributed by atoms with Gasteiger partial charge in [-0.2, -0.15) is 0 Å². The molecule has 1 saturated heterocycles. The molecule has 0 saturated carbocycles. The minimum Gasteiger partial charge on any atom is -0.383 e. The molecule has 3 rings (SSSR count). The van der Waals surface area contributed by atoms with Crippen molar-refractivity contribution < 1.29 is 9.59 Å². The molecule has 0 radical (unpaired) electrons. The molecule has 10 heteroatoms. The Morgan fingerprint density at radius 2 is 1.90 bits per heavy atom. The molecule has 0 atom stereocenters. The minimum absolute atomic E-state index is 0.0988. The fraction of sp³-hybridized carbons (Fsp3) is 0.368. The van der Waals surface area contributed by atoms with Gasteiger partial charge in [0.25, 0.3) is 5.56 Å². The van der Waals surface area contributed by atoms with Gasteiger partial charge in [-0.25, -0.2) is 4.98 Å². The van der Waals surface area contributed by atoms with Crippen molar-refractivity contribution in [2.24, 2.45) is 0 Å². The monoisotopic (exact) mass is 416 g/mol. The maximum absolute atomic E-state index is 12.1. The number of thioether (sulfide) groups is 1. The number of hydrogen-bond donors (Lipinski definition) is 3. The predicted octanol–water partition coefficient (Wildman–Crippen LogP) is 1.14. The number of rotatable bonds is 6. The van der Waals surface area contributed by atoms with E-state index in [-0.39, 0.29) is 28.9 Å². The summed E-state index contributed by atoms with van der Waals surface area (Å²) >= 11 is 1.11. The second kappa shape index (κ2) is 9.46. The highest BCUT2D eigenvalue weighted by Gasteiger charge is 2.20. The summed E-state index contributed by atoms with van der Waals surface area (Å²) in [6, 6.07) is 8.80. The van der Waals surface area contributed by atoms with E-state index in [1.165, 1.54) is 6.07 Å². The summed E-state index contributed by atoms with van der Waals surface area (Å²) in [5.74, 6) is 0.200. The van der Waals surface area contributed by atoms with E-state index in [9.17, 15) is 14.4 Å². The van der Waals surface area contributed by atoms with Gasteiger partial charge in [-0.15, -0.1) is 0 Å². The average Bonchev–Trinajstić information content (AvgIpc) is 2.72. The molecule has 9 nitrogen and oxygen atoms in total. The van der Waals surface area contributed by atoms with Crippen molar-refractivity contribution in [1.82, 2.24) is 14.9 Å². The highest BCUT2D eigenvalue weighted by molar-refractivity contribution is 7.99. The minimum atomic E-state index is -0.351. The van der Waals surface area contributed by atoms with Crippen LogP contribution in [0.3, 0.4) is 0 Å². The van der Waals surface area contributed by atoms with E-state index in [1.807, 2.05) is 36.1 Å². The van der Waals surface area contributed by atoms with Gasteiger partial charge in [0.15, 0.2) is 5.16 Å². The summed E-state index contributed by atoms with van der Waals surface area (Å²) in [5.41, 5.74) is 6.92. The van der Waals surface area contributed by atoms with E-state index in [4.69, 9.17) is 5.73 Å². The Balaban J connectivity index is 1.49. The molecule has 0 bridgehead atoms. The molecule has 4 N–H and O–H groups in total. The first-order chi connectivity index (χ1) is 13.9. The number of nitrogen functional groups attached to an aromatic ring is 1. The number of aromatic nitrogens is 2. The topological polar surface area (TPSA) is 124 Å². The Morgan fingerprint density at radius 3 is 2.52 bits per heavy atom. The van der Waals surface area contributed by atoms with Crippen molar-refractivity contribution in [3.63, 3.8) is 0 Å². The number of nitrogens with one attached hydrogen (secondary N) is 2. The van der Waals surface area contributed by atoms with Gasteiger partial charge in [0.1, 0.15) is 5.82 Å². The van der Waals surface area contributed by atoms with Crippen LogP contribution < -0.4 is 21.5 Å². The standard InChI is InChI=1S/C19H24N6O3S/c1-2-18(28)25-9-7-24(8-10-25)14-5-3-13(4-6-14)21-17(27)12-29-19-22-15(20)11-16(26)23-19/h3-6,11H,2,7-10,12H2,1H3,(H,21,27)(H3,20,22,23,26). The normalized spacial score (nSPS) is 14.0. The number of amides is 2. The van der Waals surface area contributed by atoms with Gasteiger partial charge >= 0.3 is 0 Å². The van der Waals surface area contributed by atoms with Gasteiger partial charge in [-0.3, -0.25) is 14.4 Å². The van der Waals surface area contributed by atoms with Gasteiger partial charge in [0.2, 0.25) is 11.8 Å². The molecule has 1 aliphatic rings. The molecule has 2 aromatic rings. The van der Waals surface area contributed by atoms with Gasteiger partial charge in [-0.1, -0.05) is 18.7 Å². The lowest BCUT2D eigenvalue weighted by Crippen LogP contribution is -2.48. The summed E-state index contributed by atoms with van der Waals surface area (Å²) in [6.07, 6.45) is 0.538. The number of H-pyrrole nitrogens is 1. The average molecular weight is 417 g/mol. The molecule has 0 aliphatic carbocycles. The Labute approximate surface area is 172 Å². The van der Waals surface area contributed by atoms with Crippen LogP contribution in [0.5, 0.6) is 0 Å². The molecule has 29 heavy (non-hydrogen) atoms. The number of carbonyl (C=O) groups excluding carboxylic acids is 2. The zero-order valence-corrected chi connectivity index (χ0v) is 17.0. The molecule has 1 aromatic carbocycles. The van der Waals surface area contributed by atoms with Crippen LogP contribution in [0.1, 0.15) is 13.3 Å². The Bertz CT molecular complexity index is 922. The zero-order chi connectivity index (χ0) is 20.8. The van der Waals surface area contributed by atoms with Crippen LogP contribution in [-0.4, -0.2) is 58.6 Å².